The molecule has 0 fully saturated rings. The van der Waals surface area contributed by atoms with Crippen molar-refractivity contribution in [2.75, 3.05) is 27.7 Å². The number of rotatable bonds is 9. The van der Waals surface area contributed by atoms with Gasteiger partial charge in [0.05, 0.1) is 29.6 Å². The molecule has 11 heteroatoms. The molecule has 9 nitrogen and oxygen atoms in total. The minimum Gasteiger partial charge on any atom is -0.497 e. The molecule has 2 N–H and O–H groups in total. The van der Waals surface area contributed by atoms with Crippen LogP contribution in [0, 0.1) is 13.8 Å². The molecular weight excluding hydrogens is 502 g/mol. The molecule has 0 saturated carbocycles. The molecule has 0 heterocycles. The zero-order valence-electron chi connectivity index (χ0n) is 20.6. The van der Waals surface area contributed by atoms with Gasteiger partial charge in [-0.25, -0.2) is 16.8 Å². The topological polar surface area (TPSA) is 122 Å². The standard InChI is InChI=1S/C25H29N3O6S2/c1-17-6-7-18(2)24(16-17)27-36(32,33)23-14-8-20(9-15-23)26-25(29)19(3)28(35(5,30)31)21-10-12-22(34-4)13-11-21/h6-16,19,27H,1-5H3,(H,26,29). The van der Waals surface area contributed by atoms with Crippen molar-refractivity contribution in [1.29, 1.82) is 0 Å². The second kappa shape index (κ2) is 10.6. The number of ether oxygens (including phenoxy) is 1. The van der Waals surface area contributed by atoms with E-state index in [1.54, 1.807) is 30.3 Å². The summed E-state index contributed by atoms with van der Waals surface area (Å²) < 4.78 is 59.3. The SMILES string of the molecule is COc1ccc(N(C(C)C(=O)Nc2ccc(S(=O)(=O)Nc3cc(C)ccc3C)cc2)S(C)(=O)=O)cc1. The van der Waals surface area contributed by atoms with Gasteiger partial charge in [-0.15, -0.1) is 0 Å². The number of carbonyl (C=O) groups is 1. The maximum absolute atomic E-state index is 12.9. The van der Waals surface area contributed by atoms with Crippen molar-refractivity contribution in [1.82, 2.24) is 0 Å². The lowest BCUT2D eigenvalue weighted by atomic mass is 10.1. The molecule has 1 amide bonds. The highest BCUT2D eigenvalue weighted by atomic mass is 32.2. The van der Waals surface area contributed by atoms with Crippen LogP contribution in [0.1, 0.15) is 18.1 Å². The molecule has 3 rings (SSSR count). The minimum atomic E-state index is -3.85. The van der Waals surface area contributed by atoms with Gasteiger partial charge in [0.1, 0.15) is 11.8 Å². The van der Waals surface area contributed by atoms with Crippen LogP contribution in [0.5, 0.6) is 5.75 Å². The van der Waals surface area contributed by atoms with Crippen LogP contribution in [0.3, 0.4) is 0 Å². The largest absolute Gasteiger partial charge is 0.497 e. The fourth-order valence-corrected chi connectivity index (χ4v) is 5.85. The Morgan fingerprint density at radius 3 is 2.08 bits per heavy atom. The molecule has 1 unspecified atom stereocenters. The average molecular weight is 532 g/mol. The Hall–Kier alpha value is -3.57. The zero-order valence-corrected chi connectivity index (χ0v) is 22.3. The van der Waals surface area contributed by atoms with Crippen LogP contribution in [0.4, 0.5) is 17.1 Å². The third kappa shape index (κ3) is 6.35. The number of benzene rings is 3. The summed E-state index contributed by atoms with van der Waals surface area (Å²) in [5, 5.41) is 2.65. The highest BCUT2D eigenvalue weighted by Gasteiger charge is 2.29. The molecule has 0 aliphatic heterocycles. The zero-order chi connectivity index (χ0) is 26.7. The number of nitrogens with zero attached hydrogens (tertiary/aromatic N) is 1. The molecule has 0 aliphatic rings. The van der Waals surface area contributed by atoms with Gasteiger partial charge in [-0.3, -0.25) is 13.8 Å². The van der Waals surface area contributed by atoms with Crippen molar-refractivity contribution in [2.24, 2.45) is 0 Å². The van der Waals surface area contributed by atoms with E-state index in [4.69, 9.17) is 4.74 Å². The Kier molecular flexibility index (Phi) is 7.95. The summed E-state index contributed by atoms with van der Waals surface area (Å²) in [6, 6.07) is 16.3. The summed E-state index contributed by atoms with van der Waals surface area (Å²) in [6.07, 6.45) is 1.02. The van der Waals surface area contributed by atoms with Crippen LogP contribution < -0.4 is 19.1 Å². The summed E-state index contributed by atoms with van der Waals surface area (Å²) in [5.41, 5.74) is 2.82. The quantitative estimate of drug-likeness (QED) is 0.432. The van der Waals surface area contributed by atoms with Crippen LogP contribution in [-0.4, -0.2) is 42.2 Å². The number of anilines is 3. The Morgan fingerprint density at radius 1 is 0.917 bits per heavy atom. The number of sulfonamides is 2. The second-order valence-corrected chi connectivity index (χ2v) is 11.9. The maximum Gasteiger partial charge on any atom is 0.261 e. The van der Waals surface area contributed by atoms with E-state index >= 15 is 0 Å². The van der Waals surface area contributed by atoms with E-state index in [2.05, 4.69) is 10.0 Å². The first-order valence-electron chi connectivity index (χ1n) is 11.0. The van der Waals surface area contributed by atoms with Crippen LogP contribution in [0.2, 0.25) is 0 Å². The number of amides is 1. The predicted octanol–water partition coefficient (Wildman–Crippen LogP) is 3.91. The molecule has 3 aromatic carbocycles. The van der Waals surface area contributed by atoms with Crippen molar-refractivity contribution in [3.63, 3.8) is 0 Å². The number of aryl methyl sites for hydroxylation is 2. The van der Waals surface area contributed by atoms with E-state index < -0.39 is 32.0 Å². The highest BCUT2D eigenvalue weighted by molar-refractivity contribution is 7.92. The molecule has 1 atom stereocenters. The lowest BCUT2D eigenvalue weighted by molar-refractivity contribution is -0.116. The molecular formula is C25H29N3O6S2. The van der Waals surface area contributed by atoms with Crippen molar-refractivity contribution >= 4 is 43.0 Å². The molecule has 36 heavy (non-hydrogen) atoms. The van der Waals surface area contributed by atoms with Crippen molar-refractivity contribution in [3.05, 3.63) is 77.9 Å². The van der Waals surface area contributed by atoms with Crippen LogP contribution in [0.15, 0.2) is 71.6 Å². The lowest BCUT2D eigenvalue weighted by Crippen LogP contribution is -2.45. The Bertz CT molecular complexity index is 1450. The fraction of sp³-hybridized carbons (Fsp3) is 0.240. The molecule has 0 radical (unpaired) electrons. The van der Waals surface area contributed by atoms with E-state index in [9.17, 15) is 21.6 Å². The summed E-state index contributed by atoms with van der Waals surface area (Å²) in [7, 11) is -6.15. The van der Waals surface area contributed by atoms with Crippen LogP contribution >= 0.6 is 0 Å². The van der Waals surface area contributed by atoms with Crippen molar-refractivity contribution < 1.29 is 26.4 Å². The fourth-order valence-electron chi connectivity index (χ4n) is 3.55. The first-order valence-corrected chi connectivity index (χ1v) is 14.3. The molecule has 0 bridgehead atoms. The third-order valence-electron chi connectivity index (χ3n) is 5.48. The van der Waals surface area contributed by atoms with E-state index in [1.807, 2.05) is 26.0 Å². The van der Waals surface area contributed by atoms with Crippen molar-refractivity contribution in [2.45, 2.75) is 31.7 Å². The first-order chi connectivity index (χ1) is 16.8. The maximum atomic E-state index is 12.9. The Morgan fingerprint density at radius 2 is 1.53 bits per heavy atom. The number of hydrogen-bond donors (Lipinski definition) is 2. The Balaban J connectivity index is 1.77. The van der Waals surface area contributed by atoms with Gasteiger partial charge in [0.25, 0.3) is 10.0 Å². The molecule has 192 valence electrons. The van der Waals surface area contributed by atoms with Gasteiger partial charge in [-0.2, -0.15) is 0 Å². The van der Waals surface area contributed by atoms with Gasteiger partial charge in [0.2, 0.25) is 15.9 Å². The molecule has 3 aromatic rings. The monoisotopic (exact) mass is 531 g/mol. The Labute approximate surface area is 212 Å². The van der Waals surface area contributed by atoms with Crippen LogP contribution in [0.25, 0.3) is 0 Å². The van der Waals surface area contributed by atoms with Crippen molar-refractivity contribution in [3.8, 4) is 5.75 Å². The van der Waals surface area contributed by atoms with Crippen LogP contribution in [-0.2, 0) is 24.8 Å². The lowest BCUT2D eigenvalue weighted by Gasteiger charge is -2.28. The summed E-state index contributed by atoms with van der Waals surface area (Å²) in [6.45, 7) is 5.14. The molecule has 0 saturated heterocycles. The number of hydrogen-bond acceptors (Lipinski definition) is 6. The number of methoxy groups -OCH3 is 1. The van der Waals surface area contributed by atoms with Gasteiger partial charge in [-0.1, -0.05) is 12.1 Å². The molecule has 0 aliphatic carbocycles. The van der Waals surface area contributed by atoms with Gasteiger partial charge in [-0.05, 0) is 86.5 Å². The van der Waals surface area contributed by atoms with Gasteiger partial charge in [0.15, 0.2) is 0 Å². The summed E-state index contributed by atoms with van der Waals surface area (Å²) in [4.78, 5) is 12.9. The third-order valence-corrected chi connectivity index (χ3v) is 8.11. The van der Waals surface area contributed by atoms with Gasteiger partial charge >= 0.3 is 0 Å². The van der Waals surface area contributed by atoms with E-state index in [0.29, 0.717) is 22.8 Å². The second-order valence-electron chi connectivity index (χ2n) is 8.37. The minimum absolute atomic E-state index is 0.0189. The predicted molar refractivity (Wildman–Crippen MR) is 142 cm³/mol. The van der Waals surface area contributed by atoms with Gasteiger partial charge < -0.3 is 10.1 Å². The highest BCUT2D eigenvalue weighted by Crippen LogP contribution is 2.25. The van der Waals surface area contributed by atoms with E-state index in [1.165, 1.54) is 38.3 Å². The molecule has 0 spiro atoms. The summed E-state index contributed by atoms with van der Waals surface area (Å²) in [5.74, 6) is -0.0354. The van der Waals surface area contributed by atoms with E-state index in [-0.39, 0.29) is 4.90 Å². The smallest absolute Gasteiger partial charge is 0.261 e. The first kappa shape index (κ1) is 27.0. The summed E-state index contributed by atoms with van der Waals surface area (Å²) >= 11 is 0. The normalized spacial score (nSPS) is 12.5. The molecule has 0 aromatic heterocycles. The van der Waals surface area contributed by atoms with Gasteiger partial charge in [0, 0.05) is 5.69 Å². The number of carbonyl (C=O) groups excluding carboxylic acids is 1. The average Bonchev–Trinajstić information content (AvgIpc) is 2.81. The van der Waals surface area contributed by atoms with E-state index in [0.717, 1.165) is 21.7 Å². The number of nitrogens with one attached hydrogen (secondary N) is 2.